The highest BCUT2D eigenvalue weighted by molar-refractivity contribution is 7.89. The van der Waals surface area contributed by atoms with Gasteiger partial charge >= 0.3 is 0 Å². The molecule has 0 N–H and O–H groups in total. The number of hydrogen-bond acceptors (Lipinski definition) is 6. The van der Waals surface area contributed by atoms with Crippen molar-refractivity contribution >= 4 is 21.7 Å². The number of rotatable bonds is 6. The highest BCUT2D eigenvalue weighted by Gasteiger charge is 2.26. The Morgan fingerprint density at radius 2 is 1.67 bits per heavy atom. The molecule has 2 fully saturated rings. The molecule has 0 radical (unpaired) electrons. The first-order valence-corrected chi connectivity index (χ1v) is 12.9. The van der Waals surface area contributed by atoms with Gasteiger partial charge in [-0.05, 0) is 49.1 Å². The maximum atomic E-state index is 12.8. The lowest BCUT2D eigenvalue weighted by Gasteiger charge is -2.35. The fourth-order valence-corrected chi connectivity index (χ4v) is 5.91. The van der Waals surface area contributed by atoms with Gasteiger partial charge in [-0.25, -0.2) is 13.4 Å². The van der Waals surface area contributed by atoms with Gasteiger partial charge in [0.2, 0.25) is 15.9 Å². The second-order valence-corrected chi connectivity index (χ2v) is 10.4. The number of carbonyl (C=O) groups excluding carboxylic acids is 1. The van der Waals surface area contributed by atoms with Crippen molar-refractivity contribution in [1.82, 2.24) is 14.2 Å². The van der Waals surface area contributed by atoms with E-state index in [1.54, 1.807) is 34.8 Å². The average molecular weight is 468 g/mol. The molecule has 0 spiro atoms. The van der Waals surface area contributed by atoms with Crippen LogP contribution in [0.1, 0.15) is 36.8 Å². The Labute approximate surface area is 195 Å². The number of anilines is 1. The van der Waals surface area contributed by atoms with Crippen molar-refractivity contribution in [1.29, 1.82) is 5.26 Å². The van der Waals surface area contributed by atoms with Crippen LogP contribution in [0.2, 0.25) is 0 Å². The van der Waals surface area contributed by atoms with E-state index in [9.17, 15) is 18.5 Å². The molecular weight excluding hydrogens is 438 g/mol. The molecule has 174 valence electrons. The summed E-state index contributed by atoms with van der Waals surface area (Å²) in [6.07, 6.45) is 5.53. The molecule has 0 aliphatic carbocycles. The molecule has 1 aromatic heterocycles. The second-order valence-electron chi connectivity index (χ2n) is 8.46. The molecule has 0 unspecified atom stereocenters. The number of aryl methyl sites for hydroxylation is 1. The van der Waals surface area contributed by atoms with Crippen molar-refractivity contribution < 1.29 is 13.2 Å². The molecule has 2 aromatic rings. The monoisotopic (exact) mass is 467 g/mol. The SMILES string of the molecule is N#Cc1cccnc1N1CCN(C(=O)CCc2ccc(S(=O)(=O)N3CCCCC3)cc2)CC1. The first-order valence-electron chi connectivity index (χ1n) is 11.5. The first-order chi connectivity index (χ1) is 16.0. The number of nitriles is 1. The van der Waals surface area contributed by atoms with E-state index in [4.69, 9.17) is 0 Å². The molecule has 33 heavy (non-hydrogen) atoms. The second kappa shape index (κ2) is 10.3. The first kappa shape index (κ1) is 23.2. The molecule has 2 aliphatic heterocycles. The van der Waals surface area contributed by atoms with Gasteiger partial charge in [-0.2, -0.15) is 9.57 Å². The largest absolute Gasteiger partial charge is 0.352 e. The normalized spacial score (nSPS) is 17.5. The number of piperazine rings is 1. The fraction of sp³-hybridized carbons (Fsp3) is 0.458. The lowest BCUT2D eigenvalue weighted by molar-refractivity contribution is -0.131. The summed E-state index contributed by atoms with van der Waals surface area (Å²) in [7, 11) is -3.43. The number of nitrogens with zero attached hydrogens (tertiary/aromatic N) is 5. The summed E-state index contributed by atoms with van der Waals surface area (Å²) in [5.41, 5.74) is 1.50. The Morgan fingerprint density at radius 1 is 0.970 bits per heavy atom. The zero-order chi connectivity index (χ0) is 23.3. The predicted molar refractivity (Wildman–Crippen MR) is 125 cm³/mol. The third-order valence-electron chi connectivity index (χ3n) is 6.34. The van der Waals surface area contributed by atoms with E-state index in [0.29, 0.717) is 68.4 Å². The van der Waals surface area contributed by atoms with E-state index in [1.807, 2.05) is 21.9 Å². The molecule has 0 bridgehead atoms. The van der Waals surface area contributed by atoms with Gasteiger partial charge in [-0.1, -0.05) is 18.6 Å². The smallest absolute Gasteiger partial charge is 0.243 e. The summed E-state index contributed by atoms with van der Waals surface area (Å²) in [5.74, 6) is 0.757. The number of hydrogen-bond donors (Lipinski definition) is 0. The molecule has 9 heteroatoms. The van der Waals surface area contributed by atoms with Gasteiger partial charge in [0.25, 0.3) is 0 Å². The minimum atomic E-state index is -3.43. The summed E-state index contributed by atoms with van der Waals surface area (Å²) in [6, 6.07) is 12.6. The molecule has 2 aliphatic rings. The maximum absolute atomic E-state index is 12.8. The average Bonchev–Trinajstić information content (AvgIpc) is 2.88. The lowest BCUT2D eigenvalue weighted by Crippen LogP contribution is -2.49. The maximum Gasteiger partial charge on any atom is 0.243 e. The zero-order valence-corrected chi connectivity index (χ0v) is 19.5. The van der Waals surface area contributed by atoms with Gasteiger partial charge in [-0.15, -0.1) is 0 Å². The van der Waals surface area contributed by atoms with E-state index in [2.05, 4.69) is 11.1 Å². The van der Waals surface area contributed by atoms with Crippen molar-refractivity contribution in [2.75, 3.05) is 44.2 Å². The Balaban J connectivity index is 1.28. The predicted octanol–water partition coefficient (Wildman–Crippen LogP) is 2.41. The van der Waals surface area contributed by atoms with Crippen LogP contribution in [0.3, 0.4) is 0 Å². The Kier molecular flexibility index (Phi) is 7.26. The molecule has 4 rings (SSSR count). The molecule has 1 aromatic carbocycles. The van der Waals surface area contributed by atoms with Gasteiger partial charge < -0.3 is 9.80 Å². The van der Waals surface area contributed by atoms with Crippen LogP contribution in [-0.4, -0.2) is 67.8 Å². The van der Waals surface area contributed by atoms with Gasteiger partial charge in [0.05, 0.1) is 10.5 Å². The summed E-state index contributed by atoms with van der Waals surface area (Å²) in [5, 5.41) is 9.28. The van der Waals surface area contributed by atoms with Crippen LogP contribution in [-0.2, 0) is 21.2 Å². The Hall–Kier alpha value is -2.96. The standard InChI is InChI=1S/C24H29N5O3S/c25-19-21-5-4-12-26-24(21)28-17-15-27(16-18-28)23(30)11-8-20-6-9-22(10-7-20)33(31,32)29-13-2-1-3-14-29/h4-7,9-10,12H,1-3,8,11,13-18H2. The van der Waals surface area contributed by atoms with E-state index in [1.165, 1.54) is 0 Å². The van der Waals surface area contributed by atoms with Crippen LogP contribution in [0.25, 0.3) is 0 Å². The molecule has 0 atom stereocenters. The summed E-state index contributed by atoms with van der Waals surface area (Å²) < 4.78 is 27.1. The van der Waals surface area contributed by atoms with Crippen molar-refractivity contribution in [2.24, 2.45) is 0 Å². The Bertz CT molecular complexity index is 1110. The number of pyridine rings is 1. The van der Waals surface area contributed by atoms with Crippen LogP contribution in [0, 0.1) is 11.3 Å². The third kappa shape index (κ3) is 5.34. The number of sulfonamides is 1. The quantitative estimate of drug-likeness (QED) is 0.647. The zero-order valence-electron chi connectivity index (χ0n) is 18.7. The van der Waals surface area contributed by atoms with E-state index >= 15 is 0 Å². The van der Waals surface area contributed by atoms with Crippen molar-refractivity contribution in [3.8, 4) is 6.07 Å². The van der Waals surface area contributed by atoms with Crippen molar-refractivity contribution in [3.63, 3.8) is 0 Å². The molecule has 8 nitrogen and oxygen atoms in total. The van der Waals surface area contributed by atoms with Gasteiger partial charge in [0.15, 0.2) is 0 Å². The summed E-state index contributed by atoms with van der Waals surface area (Å²) in [4.78, 5) is 21.2. The molecule has 0 saturated carbocycles. The number of aromatic nitrogens is 1. The molecule has 2 saturated heterocycles. The van der Waals surface area contributed by atoms with Crippen molar-refractivity contribution in [3.05, 3.63) is 53.7 Å². The minimum absolute atomic E-state index is 0.0844. The number of piperidine rings is 1. The fourth-order valence-electron chi connectivity index (χ4n) is 4.40. The van der Waals surface area contributed by atoms with Gasteiger partial charge in [0.1, 0.15) is 11.9 Å². The van der Waals surface area contributed by atoms with Crippen molar-refractivity contribution in [2.45, 2.75) is 37.0 Å². The summed E-state index contributed by atoms with van der Waals surface area (Å²) >= 11 is 0. The van der Waals surface area contributed by atoms with Crippen LogP contribution >= 0.6 is 0 Å². The number of amides is 1. The molecule has 3 heterocycles. The van der Waals surface area contributed by atoms with E-state index in [0.717, 1.165) is 24.8 Å². The van der Waals surface area contributed by atoms with Gasteiger partial charge in [0, 0.05) is 51.9 Å². The topological polar surface area (TPSA) is 97.6 Å². The van der Waals surface area contributed by atoms with Crippen LogP contribution in [0.5, 0.6) is 0 Å². The highest BCUT2D eigenvalue weighted by Crippen LogP contribution is 2.22. The minimum Gasteiger partial charge on any atom is -0.352 e. The van der Waals surface area contributed by atoms with Crippen LogP contribution < -0.4 is 4.90 Å². The third-order valence-corrected chi connectivity index (χ3v) is 8.26. The van der Waals surface area contributed by atoms with Crippen LogP contribution in [0.15, 0.2) is 47.5 Å². The van der Waals surface area contributed by atoms with Gasteiger partial charge in [-0.3, -0.25) is 4.79 Å². The summed E-state index contributed by atoms with van der Waals surface area (Å²) in [6.45, 7) is 3.63. The highest BCUT2D eigenvalue weighted by atomic mass is 32.2. The number of carbonyl (C=O) groups is 1. The number of benzene rings is 1. The molecule has 1 amide bonds. The lowest BCUT2D eigenvalue weighted by atomic mass is 10.1. The van der Waals surface area contributed by atoms with Crippen LogP contribution in [0.4, 0.5) is 5.82 Å². The van der Waals surface area contributed by atoms with E-state index < -0.39 is 10.0 Å². The Morgan fingerprint density at radius 3 is 2.33 bits per heavy atom. The molecular formula is C24H29N5O3S. The van der Waals surface area contributed by atoms with E-state index in [-0.39, 0.29) is 5.91 Å².